The van der Waals surface area contributed by atoms with E-state index >= 15 is 0 Å². The predicted octanol–water partition coefficient (Wildman–Crippen LogP) is 4.42. The summed E-state index contributed by atoms with van der Waals surface area (Å²) in [5, 5.41) is 8.59. The molecule has 0 saturated heterocycles. The molecule has 0 spiro atoms. The lowest BCUT2D eigenvalue weighted by molar-refractivity contribution is 0.296. The molecule has 0 radical (unpaired) electrons. The summed E-state index contributed by atoms with van der Waals surface area (Å²) in [5.41, 5.74) is 0.905. The van der Waals surface area contributed by atoms with Gasteiger partial charge < -0.3 is 4.52 Å². The Labute approximate surface area is 118 Å². The van der Waals surface area contributed by atoms with Crippen molar-refractivity contribution in [2.45, 2.75) is 26.7 Å². The van der Waals surface area contributed by atoms with Crippen LogP contribution in [-0.2, 0) is 15.5 Å². The maximum atomic E-state index is 12.4. The molecule has 4 nitrogen and oxygen atoms in total. The smallest absolute Gasteiger partial charge is 0.417 e. The van der Waals surface area contributed by atoms with Crippen LogP contribution < -0.4 is 4.52 Å². The van der Waals surface area contributed by atoms with E-state index in [0.29, 0.717) is 18.8 Å². The molecule has 0 saturated carbocycles. The second kappa shape index (κ2) is 8.27. The molecular formula is C13H18NO3PS. The zero-order valence-electron chi connectivity index (χ0n) is 11.2. The molecule has 1 unspecified atom stereocenters. The molecule has 1 atom stereocenters. The standard InChI is InChI=1S/C13H18NO3PS/c1-3-11-19-18(15,16-4-2)17-13-7-5-12(6-8-13)9-10-14/h5-8H,3-4,9,11H2,1-2H3. The van der Waals surface area contributed by atoms with E-state index in [0.717, 1.165) is 17.7 Å². The van der Waals surface area contributed by atoms with Gasteiger partial charge in [-0.2, -0.15) is 5.26 Å². The maximum absolute atomic E-state index is 12.4. The minimum atomic E-state index is -3.14. The third-order valence-electron chi connectivity index (χ3n) is 2.16. The molecule has 0 aliphatic heterocycles. The minimum absolute atomic E-state index is 0.348. The zero-order chi connectivity index (χ0) is 14.1. The Hall–Kier alpha value is -0.950. The van der Waals surface area contributed by atoms with E-state index in [1.807, 2.05) is 6.92 Å². The van der Waals surface area contributed by atoms with Crippen LogP contribution in [0.3, 0.4) is 0 Å². The van der Waals surface area contributed by atoms with Crippen molar-refractivity contribution >= 4 is 18.2 Å². The highest BCUT2D eigenvalue weighted by Crippen LogP contribution is 2.60. The van der Waals surface area contributed by atoms with Gasteiger partial charge in [-0.15, -0.1) is 0 Å². The highest BCUT2D eigenvalue weighted by molar-refractivity contribution is 8.55. The Morgan fingerprint density at radius 1 is 1.32 bits per heavy atom. The largest absolute Gasteiger partial charge is 0.440 e. The number of benzene rings is 1. The van der Waals surface area contributed by atoms with E-state index in [-0.39, 0.29) is 0 Å². The number of nitriles is 1. The van der Waals surface area contributed by atoms with Gasteiger partial charge >= 0.3 is 6.80 Å². The molecule has 0 heterocycles. The zero-order valence-corrected chi connectivity index (χ0v) is 12.9. The number of nitrogens with zero attached hydrogens (tertiary/aromatic N) is 1. The van der Waals surface area contributed by atoms with Gasteiger partial charge in [0.15, 0.2) is 0 Å². The van der Waals surface area contributed by atoms with Gasteiger partial charge in [0.25, 0.3) is 0 Å². The molecule has 1 aromatic rings. The van der Waals surface area contributed by atoms with Crippen molar-refractivity contribution in [3.05, 3.63) is 29.8 Å². The lowest BCUT2D eigenvalue weighted by atomic mass is 10.2. The Morgan fingerprint density at radius 2 is 2.00 bits per heavy atom. The fourth-order valence-corrected chi connectivity index (χ4v) is 4.80. The van der Waals surface area contributed by atoms with Gasteiger partial charge in [-0.05, 0) is 42.4 Å². The first-order valence-electron chi connectivity index (χ1n) is 6.18. The summed E-state index contributed by atoms with van der Waals surface area (Å²) in [6.45, 7) is 1.02. The quantitative estimate of drug-likeness (QED) is 0.665. The molecule has 0 N–H and O–H groups in total. The Kier molecular flexibility index (Phi) is 7.01. The Morgan fingerprint density at radius 3 is 2.53 bits per heavy atom. The van der Waals surface area contributed by atoms with Crippen molar-refractivity contribution in [3.63, 3.8) is 0 Å². The van der Waals surface area contributed by atoms with Crippen molar-refractivity contribution in [1.82, 2.24) is 0 Å². The van der Waals surface area contributed by atoms with Gasteiger partial charge in [-0.25, -0.2) is 4.57 Å². The van der Waals surface area contributed by atoms with Crippen LogP contribution in [0.15, 0.2) is 24.3 Å². The van der Waals surface area contributed by atoms with E-state index in [1.165, 1.54) is 11.4 Å². The summed E-state index contributed by atoms with van der Waals surface area (Å²) in [7, 11) is 0. The van der Waals surface area contributed by atoms with Crippen LogP contribution in [0.25, 0.3) is 0 Å². The first-order chi connectivity index (χ1) is 9.13. The molecule has 0 amide bonds. The van der Waals surface area contributed by atoms with Crippen LogP contribution in [-0.4, -0.2) is 12.4 Å². The molecule has 1 aromatic carbocycles. The molecular weight excluding hydrogens is 281 g/mol. The Balaban J connectivity index is 2.73. The fourth-order valence-electron chi connectivity index (χ4n) is 1.34. The van der Waals surface area contributed by atoms with Gasteiger partial charge in [-0.3, -0.25) is 4.52 Å². The number of hydrogen-bond donors (Lipinski definition) is 0. The van der Waals surface area contributed by atoms with E-state index in [2.05, 4.69) is 6.07 Å². The Bertz CT molecular complexity index is 470. The third-order valence-corrected chi connectivity index (χ3v) is 6.12. The summed E-state index contributed by atoms with van der Waals surface area (Å²) in [6.07, 6.45) is 1.26. The molecule has 1 rings (SSSR count). The maximum Gasteiger partial charge on any atom is 0.440 e. The monoisotopic (exact) mass is 299 g/mol. The summed E-state index contributed by atoms with van der Waals surface area (Å²) < 4.78 is 23.2. The van der Waals surface area contributed by atoms with Gasteiger partial charge in [0, 0.05) is 5.75 Å². The lowest BCUT2D eigenvalue weighted by Crippen LogP contribution is -1.96. The summed E-state index contributed by atoms with van der Waals surface area (Å²) in [4.78, 5) is 0. The molecule has 0 aliphatic carbocycles. The lowest BCUT2D eigenvalue weighted by Gasteiger charge is -2.17. The van der Waals surface area contributed by atoms with Crippen molar-refractivity contribution < 1.29 is 13.6 Å². The van der Waals surface area contributed by atoms with Crippen molar-refractivity contribution in [3.8, 4) is 11.8 Å². The number of rotatable bonds is 8. The topological polar surface area (TPSA) is 59.3 Å². The van der Waals surface area contributed by atoms with Gasteiger partial charge in [0.1, 0.15) is 5.75 Å². The van der Waals surface area contributed by atoms with Crippen LogP contribution in [0.5, 0.6) is 5.75 Å². The average Bonchev–Trinajstić information content (AvgIpc) is 2.39. The molecule has 0 aliphatic rings. The van der Waals surface area contributed by atoms with E-state index in [4.69, 9.17) is 14.3 Å². The van der Waals surface area contributed by atoms with Crippen molar-refractivity contribution in [1.29, 1.82) is 5.26 Å². The molecule has 19 heavy (non-hydrogen) atoms. The molecule has 104 valence electrons. The molecule has 0 aromatic heterocycles. The first-order valence-corrected chi connectivity index (χ1v) is 9.31. The van der Waals surface area contributed by atoms with Crippen LogP contribution in [0.4, 0.5) is 0 Å². The average molecular weight is 299 g/mol. The van der Waals surface area contributed by atoms with Gasteiger partial charge in [0.05, 0.1) is 19.1 Å². The highest BCUT2D eigenvalue weighted by Gasteiger charge is 2.26. The molecule has 6 heteroatoms. The van der Waals surface area contributed by atoms with Crippen LogP contribution >= 0.6 is 18.2 Å². The van der Waals surface area contributed by atoms with Gasteiger partial charge in [-0.1, -0.05) is 19.1 Å². The molecule has 0 bridgehead atoms. The molecule has 0 fully saturated rings. The minimum Gasteiger partial charge on any atom is -0.417 e. The van der Waals surface area contributed by atoms with Crippen molar-refractivity contribution in [2.24, 2.45) is 0 Å². The summed E-state index contributed by atoms with van der Waals surface area (Å²) >= 11 is 1.22. The predicted molar refractivity (Wildman–Crippen MR) is 78.4 cm³/mol. The third kappa shape index (κ3) is 5.69. The van der Waals surface area contributed by atoms with E-state index < -0.39 is 6.80 Å². The van der Waals surface area contributed by atoms with Gasteiger partial charge in [0.2, 0.25) is 0 Å². The second-order valence-electron chi connectivity index (χ2n) is 3.77. The van der Waals surface area contributed by atoms with E-state index in [9.17, 15) is 4.57 Å². The normalized spacial score (nSPS) is 13.5. The number of hydrogen-bond acceptors (Lipinski definition) is 5. The van der Waals surface area contributed by atoms with Crippen molar-refractivity contribution in [2.75, 3.05) is 12.4 Å². The van der Waals surface area contributed by atoms with E-state index in [1.54, 1.807) is 31.2 Å². The van der Waals surface area contributed by atoms with Crippen LogP contribution in [0, 0.1) is 11.3 Å². The fraction of sp³-hybridized carbons (Fsp3) is 0.462. The van der Waals surface area contributed by atoms with Crippen LogP contribution in [0.1, 0.15) is 25.8 Å². The highest BCUT2D eigenvalue weighted by atomic mass is 32.7. The summed E-state index contributed by atoms with van der Waals surface area (Å²) in [6, 6.07) is 9.08. The summed E-state index contributed by atoms with van der Waals surface area (Å²) in [5.74, 6) is 1.23. The van der Waals surface area contributed by atoms with Crippen LogP contribution in [0.2, 0.25) is 0 Å². The second-order valence-corrected chi connectivity index (χ2v) is 7.89. The SMILES string of the molecule is CCCSP(=O)(OCC)Oc1ccc(CC#N)cc1. The first kappa shape index (κ1) is 16.1.